The van der Waals surface area contributed by atoms with Crippen LogP contribution >= 0.6 is 11.3 Å². The molecule has 1 amide bonds. The van der Waals surface area contributed by atoms with Crippen molar-refractivity contribution in [3.05, 3.63) is 11.1 Å². The smallest absolute Gasteiger partial charge is 0.303 e. The van der Waals surface area contributed by atoms with Crippen LogP contribution in [0.4, 0.5) is 5.13 Å². The zero-order valence-electron chi connectivity index (χ0n) is 11.3. The molecule has 6 nitrogen and oxygen atoms in total. The van der Waals surface area contributed by atoms with E-state index >= 15 is 0 Å². The summed E-state index contributed by atoms with van der Waals surface area (Å²) in [5.41, 5.74) is 0.0545. The summed E-state index contributed by atoms with van der Waals surface area (Å²) in [7, 11) is 0. The molecule has 0 saturated carbocycles. The summed E-state index contributed by atoms with van der Waals surface area (Å²) in [6.45, 7) is 2.40. The van der Waals surface area contributed by atoms with Crippen molar-refractivity contribution in [3.8, 4) is 0 Å². The molecule has 0 aromatic carbocycles. The Kier molecular flexibility index (Phi) is 4.72. The molecule has 1 saturated heterocycles. The van der Waals surface area contributed by atoms with E-state index in [2.05, 4.69) is 10.3 Å². The third-order valence-electron chi connectivity index (χ3n) is 3.29. The van der Waals surface area contributed by atoms with Crippen molar-refractivity contribution in [3.63, 3.8) is 0 Å². The molecular weight excluding hydrogens is 280 g/mol. The fourth-order valence-electron chi connectivity index (χ4n) is 2.09. The molecule has 0 bridgehead atoms. The molecule has 1 aliphatic heterocycles. The number of hydrogen-bond acceptors (Lipinski definition) is 5. The maximum atomic E-state index is 12.1. The fourth-order valence-corrected chi connectivity index (χ4v) is 2.83. The van der Waals surface area contributed by atoms with E-state index in [9.17, 15) is 9.59 Å². The molecule has 1 aliphatic rings. The lowest BCUT2D eigenvalue weighted by molar-refractivity contribution is -0.137. The van der Waals surface area contributed by atoms with Gasteiger partial charge in [-0.2, -0.15) is 0 Å². The largest absolute Gasteiger partial charge is 0.481 e. The highest BCUT2D eigenvalue weighted by Gasteiger charge is 2.38. The summed E-state index contributed by atoms with van der Waals surface area (Å²) in [5.74, 6) is -0.971. The third-order valence-corrected chi connectivity index (χ3v) is 4.10. The number of amides is 1. The van der Waals surface area contributed by atoms with E-state index in [1.807, 2.05) is 5.38 Å². The molecule has 2 rings (SSSR count). The van der Waals surface area contributed by atoms with Gasteiger partial charge in [-0.05, 0) is 32.6 Å². The van der Waals surface area contributed by atoms with E-state index in [0.717, 1.165) is 18.5 Å². The Labute approximate surface area is 121 Å². The quantitative estimate of drug-likeness (QED) is 0.839. The molecule has 1 unspecified atom stereocenters. The van der Waals surface area contributed by atoms with E-state index < -0.39 is 11.6 Å². The van der Waals surface area contributed by atoms with Crippen LogP contribution in [0.25, 0.3) is 0 Å². The van der Waals surface area contributed by atoms with Gasteiger partial charge in [-0.3, -0.25) is 14.9 Å². The highest BCUT2D eigenvalue weighted by molar-refractivity contribution is 7.13. The normalized spacial score (nSPS) is 21.9. The second-order valence-corrected chi connectivity index (χ2v) is 5.89. The molecule has 0 aliphatic carbocycles. The lowest BCUT2D eigenvalue weighted by Gasteiger charge is -2.20. The Morgan fingerprint density at radius 2 is 2.40 bits per heavy atom. The zero-order chi connectivity index (χ0) is 14.6. The minimum absolute atomic E-state index is 0.130. The average molecular weight is 298 g/mol. The number of carbonyl (C=O) groups excluding carboxylic acids is 1. The molecule has 1 fully saturated rings. The van der Waals surface area contributed by atoms with Gasteiger partial charge in [0.2, 0.25) is 0 Å². The van der Waals surface area contributed by atoms with Gasteiger partial charge >= 0.3 is 5.97 Å². The minimum Gasteiger partial charge on any atom is -0.481 e. The predicted octanol–water partition coefficient (Wildman–Crippen LogP) is 2.06. The number of aliphatic carboxylic acids is 1. The van der Waals surface area contributed by atoms with Crippen LogP contribution in [0.5, 0.6) is 0 Å². The average Bonchev–Trinajstić information content (AvgIpc) is 2.99. The molecule has 1 aromatic heterocycles. The summed E-state index contributed by atoms with van der Waals surface area (Å²) >= 11 is 1.35. The highest BCUT2D eigenvalue weighted by Crippen LogP contribution is 2.27. The zero-order valence-corrected chi connectivity index (χ0v) is 12.2. The Morgan fingerprint density at radius 1 is 1.60 bits per heavy atom. The first-order valence-corrected chi connectivity index (χ1v) is 7.49. The van der Waals surface area contributed by atoms with Crippen LogP contribution in [0.1, 0.15) is 38.3 Å². The van der Waals surface area contributed by atoms with Gasteiger partial charge in [0.05, 0.1) is 5.69 Å². The second-order valence-electron chi connectivity index (χ2n) is 5.03. The first-order chi connectivity index (χ1) is 9.49. The van der Waals surface area contributed by atoms with Crippen molar-refractivity contribution in [2.75, 3.05) is 11.9 Å². The van der Waals surface area contributed by atoms with Gasteiger partial charge in [0.1, 0.15) is 5.60 Å². The molecule has 7 heteroatoms. The third kappa shape index (κ3) is 3.77. The second kappa shape index (κ2) is 6.32. The number of aromatic nitrogens is 1. The number of carbonyl (C=O) groups is 2. The summed E-state index contributed by atoms with van der Waals surface area (Å²) < 4.78 is 5.47. The number of ether oxygens (including phenoxy) is 1. The number of hydrogen-bond donors (Lipinski definition) is 2. The van der Waals surface area contributed by atoms with E-state index in [1.54, 1.807) is 6.92 Å². The van der Waals surface area contributed by atoms with Crippen molar-refractivity contribution < 1.29 is 19.4 Å². The fraction of sp³-hybridized carbons (Fsp3) is 0.615. The van der Waals surface area contributed by atoms with Crippen LogP contribution in [0.15, 0.2) is 5.38 Å². The summed E-state index contributed by atoms with van der Waals surface area (Å²) in [6.07, 6.45) is 2.89. The molecule has 2 N–H and O–H groups in total. The maximum Gasteiger partial charge on any atom is 0.303 e. The number of carboxylic acids is 1. The lowest BCUT2D eigenvalue weighted by Crippen LogP contribution is -2.39. The van der Waals surface area contributed by atoms with E-state index in [-0.39, 0.29) is 12.3 Å². The van der Waals surface area contributed by atoms with E-state index in [0.29, 0.717) is 24.6 Å². The highest BCUT2D eigenvalue weighted by atomic mass is 32.1. The van der Waals surface area contributed by atoms with Gasteiger partial charge in [0.25, 0.3) is 5.91 Å². The van der Waals surface area contributed by atoms with Gasteiger partial charge in [-0.1, -0.05) is 0 Å². The van der Waals surface area contributed by atoms with Crippen LogP contribution in [-0.2, 0) is 20.7 Å². The van der Waals surface area contributed by atoms with Crippen LogP contribution in [0.3, 0.4) is 0 Å². The summed E-state index contributed by atoms with van der Waals surface area (Å²) in [4.78, 5) is 26.8. The Morgan fingerprint density at radius 3 is 3.05 bits per heavy atom. The van der Waals surface area contributed by atoms with Gasteiger partial charge < -0.3 is 9.84 Å². The van der Waals surface area contributed by atoms with Gasteiger partial charge in [-0.15, -0.1) is 11.3 Å². The molecule has 2 heterocycles. The predicted molar refractivity (Wildman–Crippen MR) is 74.9 cm³/mol. The van der Waals surface area contributed by atoms with Crippen molar-refractivity contribution in [1.29, 1.82) is 0 Å². The number of rotatable bonds is 6. The molecule has 1 atom stereocenters. The number of nitrogens with one attached hydrogen (secondary N) is 1. The first-order valence-electron chi connectivity index (χ1n) is 6.61. The summed E-state index contributed by atoms with van der Waals surface area (Å²) in [6, 6.07) is 0. The summed E-state index contributed by atoms with van der Waals surface area (Å²) in [5, 5.41) is 13.7. The minimum atomic E-state index is -0.805. The molecule has 0 radical (unpaired) electrons. The molecule has 0 spiro atoms. The number of nitrogens with zero attached hydrogens (tertiary/aromatic N) is 1. The monoisotopic (exact) mass is 298 g/mol. The van der Waals surface area contributed by atoms with Gasteiger partial charge in [0, 0.05) is 18.4 Å². The van der Waals surface area contributed by atoms with Gasteiger partial charge in [-0.25, -0.2) is 4.98 Å². The molecule has 1 aromatic rings. The van der Waals surface area contributed by atoms with Crippen LogP contribution in [-0.4, -0.2) is 34.2 Å². The number of anilines is 1. The molecular formula is C13H18N2O4S. The molecule has 110 valence electrons. The van der Waals surface area contributed by atoms with Crippen LogP contribution in [0, 0.1) is 0 Å². The number of thiazole rings is 1. The Balaban J connectivity index is 1.86. The van der Waals surface area contributed by atoms with Crippen LogP contribution in [0.2, 0.25) is 0 Å². The van der Waals surface area contributed by atoms with Crippen molar-refractivity contribution in [2.45, 2.75) is 44.6 Å². The first kappa shape index (κ1) is 14.9. The van der Waals surface area contributed by atoms with Crippen molar-refractivity contribution >= 4 is 28.3 Å². The number of aryl methyl sites for hydroxylation is 1. The standard InChI is InChI=1S/C13H18N2O4S/c1-13(6-3-7-19-13)11(18)15-12-14-9(8-20-12)4-2-5-10(16)17/h8H,2-7H2,1H3,(H,16,17)(H,14,15,18). The van der Waals surface area contributed by atoms with Gasteiger partial charge in [0.15, 0.2) is 5.13 Å². The Bertz CT molecular complexity index is 494. The maximum absolute atomic E-state index is 12.1. The molecule has 20 heavy (non-hydrogen) atoms. The lowest BCUT2D eigenvalue weighted by atomic mass is 10.0. The Hall–Kier alpha value is -1.47. The topological polar surface area (TPSA) is 88.5 Å². The van der Waals surface area contributed by atoms with E-state index in [1.165, 1.54) is 11.3 Å². The SMILES string of the molecule is CC1(C(=O)Nc2nc(CCCC(=O)O)cs2)CCCO1. The van der Waals surface area contributed by atoms with Crippen molar-refractivity contribution in [2.24, 2.45) is 0 Å². The van der Waals surface area contributed by atoms with E-state index in [4.69, 9.17) is 9.84 Å². The van der Waals surface area contributed by atoms with Crippen molar-refractivity contribution in [1.82, 2.24) is 4.98 Å². The van der Waals surface area contributed by atoms with Crippen LogP contribution < -0.4 is 5.32 Å². The number of carboxylic acid groups (broad SMARTS) is 1.